The molecule has 0 fully saturated rings. The van der Waals surface area contributed by atoms with E-state index < -0.39 is 12.3 Å². The molecule has 0 amide bonds. The van der Waals surface area contributed by atoms with Gasteiger partial charge in [-0.05, 0) is 18.1 Å². The number of hydrogen-bond donors (Lipinski definition) is 2. The van der Waals surface area contributed by atoms with Crippen LogP contribution in [0.25, 0.3) is 6.08 Å². The average Bonchev–Trinajstić information content (AvgIpc) is 2.72. The molecule has 0 radical (unpaired) electrons. The molecule has 0 bridgehead atoms. The Kier molecular flexibility index (Phi) is 3.60. The second-order valence-electron chi connectivity index (χ2n) is 5.53. The van der Waals surface area contributed by atoms with Gasteiger partial charge in [0.1, 0.15) is 6.10 Å². The third-order valence-corrected chi connectivity index (χ3v) is 3.30. The first kappa shape index (κ1) is 14.0. The van der Waals surface area contributed by atoms with Crippen molar-refractivity contribution in [2.45, 2.75) is 45.9 Å². The van der Waals surface area contributed by atoms with Gasteiger partial charge in [0.05, 0.1) is 17.0 Å². The summed E-state index contributed by atoms with van der Waals surface area (Å²) in [4.78, 5) is 12.4. The van der Waals surface area contributed by atoms with Crippen molar-refractivity contribution in [1.29, 1.82) is 0 Å². The molecule has 5 heteroatoms. The Balaban J connectivity index is 2.63. The van der Waals surface area contributed by atoms with Gasteiger partial charge in [0.15, 0.2) is 12.0 Å². The molecule has 0 aliphatic carbocycles. The van der Waals surface area contributed by atoms with Crippen LogP contribution in [-0.4, -0.2) is 31.9 Å². The van der Waals surface area contributed by atoms with Crippen LogP contribution in [0.15, 0.2) is 6.08 Å². The highest BCUT2D eigenvalue weighted by Gasteiger charge is 2.31. The molecule has 2 heterocycles. The van der Waals surface area contributed by atoms with Crippen molar-refractivity contribution in [1.82, 2.24) is 9.78 Å². The number of carbonyl (C=O) groups excluding carboxylic acids is 1. The highest BCUT2D eigenvalue weighted by molar-refractivity contribution is 6.01. The summed E-state index contributed by atoms with van der Waals surface area (Å²) in [6.07, 6.45) is 1.02. The molecular formula is C14H20N2O3. The molecule has 0 aromatic carbocycles. The van der Waals surface area contributed by atoms with Crippen LogP contribution in [0.1, 0.15) is 61.6 Å². The third kappa shape index (κ3) is 2.24. The lowest BCUT2D eigenvalue weighted by Gasteiger charge is -2.21. The number of aliphatic hydroxyl groups excluding tert-OH is 2. The van der Waals surface area contributed by atoms with E-state index in [0.717, 1.165) is 0 Å². The van der Waals surface area contributed by atoms with E-state index in [1.54, 1.807) is 6.08 Å². The van der Waals surface area contributed by atoms with Crippen LogP contribution in [0.3, 0.4) is 0 Å². The van der Waals surface area contributed by atoms with E-state index in [2.05, 4.69) is 5.10 Å². The van der Waals surface area contributed by atoms with E-state index in [0.29, 0.717) is 17.0 Å². The Hall–Kier alpha value is -1.46. The van der Waals surface area contributed by atoms with Gasteiger partial charge in [-0.1, -0.05) is 27.7 Å². The van der Waals surface area contributed by atoms with E-state index in [1.807, 2.05) is 27.7 Å². The summed E-state index contributed by atoms with van der Waals surface area (Å²) in [7, 11) is 0. The third-order valence-electron chi connectivity index (χ3n) is 3.30. The number of carbonyl (C=O) groups is 1. The fraction of sp³-hybridized carbons (Fsp3) is 0.571. The predicted octanol–water partition coefficient (Wildman–Crippen LogP) is 1.72. The summed E-state index contributed by atoms with van der Waals surface area (Å²) in [6.45, 7) is 7.60. The maximum Gasteiger partial charge on any atom is 0.177 e. The summed E-state index contributed by atoms with van der Waals surface area (Å²) in [5.41, 5.74) is 1.82. The first-order valence-electron chi connectivity index (χ1n) is 6.55. The van der Waals surface area contributed by atoms with Crippen molar-refractivity contribution in [3.63, 3.8) is 0 Å². The first-order chi connectivity index (χ1) is 8.84. The molecule has 19 heavy (non-hydrogen) atoms. The Labute approximate surface area is 112 Å². The van der Waals surface area contributed by atoms with Crippen molar-refractivity contribution in [3.8, 4) is 0 Å². The summed E-state index contributed by atoms with van der Waals surface area (Å²) < 4.78 is 1.34. The van der Waals surface area contributed by atoms with Crippen LogP contribution in [-0.2, 0) is 0 Å². The number of aliphatic hydroxyl groups is 2. The number of nitrogens with zero attached hydrogens (tertiary/aromatic N) is 2. The minimum atomic E-state index is -1.13. The quantitative estimate of drug-likeness (QED) is 0.815. The van der Waals surface area contributed by atoms with E-state index in [9.17, 15) is 15.0 Å². The maximum atomic E-state index is 12.4. The second-order valence-corrected chi connectivity index (χ2v) is 5.53. The number of rotatable bonds is 3. The number of aromatic nitrogens is 2. The van der Waals surface area contributed by atoms with E-state index in [1.165, 1.54) is 10.8 Å². The smallest absolute Gasteiger partial charge is 0.177 e. The Morgan fingerprint density at radius 3 is 2.47 bits per heavy atom. The normalized spacial score (nSPS) is 22.1. The first-order valence-corrected chi connectivity index (χ1v) is 6.55. The second kappa shape index (κ2) is 4.90. The van der Waals surface area contributed by atoms with Crippen LogP contribution < -0.4 is 0 Å². The molecule has 1 aromatic heterocycles. The summed E-state index contributed by atoms with van der Waals surface area (Å²) in [6, 6.07) is 0. The van der Waals surface area contributed by atoms with Crippen molar-refractivity contribution in [3.05, 3.63) is 23.0 Å². The molecule has 0 spiro atoms. The van der Waals surface area contributed by atoms with Crippen LogP contribution in [0.5, 0.6) is 0 Å². The monoisotopic (exact) mass is 264 g/mol. The van der Waals surface area contributed by atoms with Crippen molar-refractivity contribution in [2.75, 3.05) is 0 Å². The van der Waals surface area contributed by atoms with Crippen molar-refractivity contribution < 1.29 is 15.0 Å². The minimum absolute atomic E-state index is 0.0122. The van der Waals surface area contributed by atoms with Crippen LogP contribution in [0.4, 0.5) is 0 Å². The standard InChI is InChI=1S/C14H20N2O3/c1-7(2)12-11(13(18)8(3)4)9-5-6-10(17)14(19)16(9)15-12/h5-8,10,14,17,19H,1-4H3/t10-,14-/m1/s1. The maximum absolute atomic E-state index is 12.4. The van der Waals surface area contributed by atoms with Gasteiger partial charge in [0.2, 0.25) is 0 Å². The molecule has 2 rings (SSSR count). The number of ketones is 1. The van der Waals surface area contributed by atoms with E-state index in [4.69, 9.17) is 0 Å². The Morgan fingerprint density at radius 2 is 1.95 bits per heavy atom. The fourth-order valence-electron chi connectivity index (χ4n) is 2.21. The van der Waals surface area contributed by atoms with Crippen LogP contribution >= 0.6 is 0 Å². The SMILES string of the molecule is CC(C)C(=O)c1c(C(C)C)nn2c1C=C[C@@H](O)[C@H]2O. The average molecular weight is 264 g/mol. The molecule has 104 valence electrons. The highest BCUT2D eigenvalue weighted by Crippen LogP contribution is 2.30. The van der Waals surface area contributed by atoms with Crippen molar-refractivity contribution in [2.24, 2.45) is 5.92 Å². The van der Waals surface area contributed by atoms with Gasteiger partial charge in [-0.25, -0.2) is 4.68 Å². The topological polar surface area (TPSA) is 75.4 Å². The number of Topliss-reactive ketones (excluding diaryl/α,β-unsaturated/α-hetero) is 1. The molecule has 0 saturated heterocycles. The van der Waals surface area contributed by atoms with E-state index >= 15 is 0 Å². The summed E-state index contributed by atoms with van der Waals surface area (Å²) >= 11 is 0. The molecule has 1 aliphatic heterocycles. The van der Waals surface area contributed by atoms with Gasteiger partial charge in [0.25, 0.3) is 0 Å². The highest BCUT2D eigenvalue weighted by atomic mass is 16.3. The number of fused-ring (bicyclic) bond motifs is 1. The number of hydrogen-bond acceptors (Lipinski definition) is 4. The van der Waals surface area contributed by atoms with Gasteiger partial charge < -0.3 is 10.2 Å². The zero-order valence-corrected chi connectivity index (χ0v) is 11.7. The van der Waals surface area contributed by atoms with E-state index in [-0.39, 0.29) is 17.6 Å². The van der Waals surface area contributed by atoms with Crippen LogP contribution in [0.2, 0.25) is 0 Å². The zero-order valence-electron chi connectivity index (χ0n) is 11.7. The van der Waals surface area contributed by atoms with Gasteiger partial charge in [-0.3, -0.25) is 4.79 Å². The molecule has 5 nitrogen and oxygen atoms in total. The zero-order chi connectivity index (χ0) is 14.3. The molecule has 1 aliphatic rings. The van der Waals surface area contributed by atoms with Gasteiger partial charge in [-0.2, -0.15) is 5.10 Å². The lowest BCUT2D eigenvalue weighted by molar-refractivity contribution is -0.0138. The summed E-state index contributed by atoms with van der Waals surface area (Å²) in [5, 5.41) is 23.9. The lowest BCUT2D eigenvalue weighted by Crippen LogP contribution is -2.27. The van der Waals surface area contributed by atoms with Gasteiger partial charge in [-0.15, -0.1) is 0 Å². The molecule has 2 atom stereocenters. The molecule has 0 unspecified atom stereocenters. The largest absolute Gasteiger partial charge is 0.384 e. The lowest BCUT2D eigenvalue weighted by atomic mass is 9.94. The predicted molar refractivity (Wildman–Crippen MR) is 71.8 cm³/mol. The summed E-state index contributed by atoms with van der Waals surface area (Å²) in [5.74, 6) is -0.0458. The molecule has 0 saturated carbocycles. The molecular weight excluding hydrogens is 244 g/mol. The Morgan fingerprint density at radius 1 is 1.32 bits per heavy atom. The van der Waals surface area contributed by atoms with Gasteiger partial charge in [0, 0.05) is 5.92 Å². The molecule has 1 aromatic rings. The fourth-order valence-corrected chi connectivity index (χ4v) is 2.21. The Bertz CT molecular complexity index is 529. The van der Waals surface area contributed by atoms with Crippen LogP contribution in [0, 0.1) is 5.92 Å². The minimum Gasteiger partial charge on any atom is -0.384 e. The molecule has 2 N–H and O–H groups in total. The van der Waals surface area contributed by atoms with Crippen molar-refractivity contribution >= 4 is 11.9 Å². The van der Waals surface area contributed by atoms with Gasteiger partial charge >= 0.3 is 0 Å².